The molecule has 1 heterocycles. The number of rotatable bonds is 4. The van der Waals surface area contributed by atoms with Crippen molar-refractivity contribution in [2.24, 2.45) is 35.5 Å². The highest BCUT2D eigenvalue weighted by Gasteiger charge is 2.67. The van der Waals surface area contributed by atoms with E-state index in [1.807, 2.05) is 0 Å². The third kappa shape index (κ3) is 2.50. The van der Waals surface area contributed by atoms with Crippen LogP contribution in [0.2, 0.25) is 0 Å². The molecule has 24 heavy (non-hydrogen) atoms. The second kappa shape index (κ2) is 5.74. The summed E-state index contributed by atoms with van der Waals surface area (Å²) in [6.45, 7) is 1.09. The first-order valence-electron chi connectivity index (χ1n) is 9.23. The number of carboxylic acid groups (broad SMARTS) is 1. The summed E-state index contributed by atoms with van der Waals surface area (Å²) in [6, 6.07) is 0. The molecule has 4 fully saturated rings. The van der Waals surface area contributed by atoms with E-state index in [0.29, 0.717) is 37.8 Å². The molecule has 1 N–H and O–H groups in total. The summed E-state index contributed by atoms with van der Waals surface area (Å²) in [5.74, 6) is 1.87. The summed E-state index contributed by atoms with van der Waals surface area (Å²) in [7, 11) is 1.74. The standard InChI is InChI=1S/C18H26N2O4/c1-19(9-13(21)20-6-4-10(5-7-20)18(23)24)17(22)16-14-11-2-3-12(8-11)15(14)16/h10-12,14-16H,2-9H2,1H3,(H,23,24). The lowest BCUT2D eigenvalue weighted by atomic mass is 9.97. The predicted octanol–water partition coefficient (Wildman–Crippen LogP) is 1.06. The van der Waals surface area contributed by atoms with Crippen LogP contribution in [0.4, 0.5) is 0 Å². The van der Waals surface area contributed by atoms with Gasteiger partial charge >= 0.3 is 5.97 Å². The van der Waals surface area contributed by atoms with Gasteiger partial charge in [-0.3, -0.25) is 14.4 Å². The van der Waals surface area contributed by atoms with Gasteiger partial charge in [-0.25, -0.2) is 0 Å². The number of amides is 2. The van der Waals surface area contributed by atoms with Crippen LogP contribution in [-0.2, 0) is 14.4 Å². The minimum Gasteiger partial charge on any atom is -0.481 e. The van der Waals surface area contributed by atoms with E-state index in [2.05, 4.69) is 0 Å². The van der Waals surface area contributed by atoms with Crippen LogP contribution in [0.1, 0.15) is 32.1 Å². The Kier molecular flexibility index (Phi) is 3.81. The number of aliphatic carboxylic acids is 1. The summed E-state index contributed by atoms with van der Waals surface area (Å²) in [4.78, 5) is 39.4. The van der Waals surface area contributed by atoms with Gasteiger partial charge in [-0.2, -0.15) is 0 Å². The predicted molar refractivity (Wildman–Crippen MR) is 85.9 cm³/mol. The van der Waals surface area contributed by atoms with Gasteiger partial charge < -0.3 is 14.9 Å². The fourth-order valence-electron chi connectivity index (χ4n) is 5.67. The Bertz CT molecular complexity index is 553. The zero-order chi connectivity index (χ0) is 17.0. The zero-order valence-electron chi connectivity index (χ0n) is 14.2. The number of fused-ring (bicyclic) bond motifs is 5. The van der Waals surface area contributed by atoms with Crippen molar-refractivity contribution >= 4 is 17.8 Å². The van der Waals surface area contributed by atoms with E-state index in [1.54, 1.807) is 16.8 Å². The number of carboxylic acids is 1. The monoisotopic (exact) mass is 334 g/mol. The molecular weight excluding hydrogens is 308 g/mol. The topological polar surface area (TPSA) is 77.9 Å². The zero-order valence-corrected chi connectivity index (χ0v) is 14.2. The first-order valence-corrected chi connectivity index (χ1v) is 9.23. The van der Waals surface area contributed by atoms with Crippen molar-refractivity contribution in [3.63, 3.8) is 0 Å². The van der Waals surface area contributed by atoms with Crippen molar-refractivity contribution < 1.29 is 19.5 Å². The van der Waals surface area contributed by atoms with Gasteiger partial charge in [-0.15, -0.1) is 0 Å². The van der Waals surface area contributed by atoms with Gasteiger partial charge in [0.1, 0.15) is 0 Å². The van der Waals surface area contributed by atoms with Crippen LogP contribution in [0.15, 0.2) is 0 Å². The third-order valence-corrected chi connectivity index (χ3v) is 6.97. The molecule has 4 rings (SSSR count). The van der Waals surface area contributed by atoms with Crippen LogP contribution >= 0.6 is 0 Å². The SMILES string of the molecule is CN(CC(=O)N1CCC(C(=O)O)CC1)C(=O)C1C2C3CCC(C3)C12. The van der Waals surface area contributed by atoms with E-state index < -0.39 is 5.97 Å². The first kappa shape index (κ1) is 15.9. The maximum atomic E-state index is 12.7. The minimum atomic E-state index is -0.774. The normalized spacial score (nSPS) is 37.2. The molecule has 3 saturated carbocycles. The molecule has 0 aromatic rings. The fourth-order valence-corrected chi connectivity index (χ4v) is 5.67. The van der Waals surface area contributed by atoms with Gasteiger partial charge in [0.15, 0.2) is 0 Å². The number of carbonyl (C=O) groups is 3. The summed E-state index contributed by atoms with van der Waals surface area (Å²) >= 11 is 0. The Morgan fingerprint density at radius 2 is 1.62 bits per heavy atom. The van der Waals surface area contributed by atoms with Crippen LogP contribution < -0.4 is 0 Å². The number of hydrogen-bond donors (Lipinski definition) is 1. The Hall–Kier alpha value is -1.59. The van der Waals surface area contributed by atoms with E-state index in [0.717, 1.165) is 11.8 Å². The Balaban J connectivity index is 1.27. The molecular formula is C18H26N2O4. The lowest BCUT2D eigenvalue weighted by molar-refractivity contribution is -0.146. The van der Waals surface area contributed by atoms with Crippen molar-refractivity contribution in [2.75, 3.05) is 26.7 Å². The summed E-state index contributed by atoms with van der Waals surface area (Å²) < 4.78 is 0. The molecule has 6 nitrogen and oxygen atoms in total. The molecule has 6 heteroatoms. The first-order chi connectivity index (χ1) is 11.5. The van der Waals surface area contributed by atoms with Crippen molar-refractivity contribution in [3.05, 3.63) is 0 Å². The lowest BCUT2D eigenvalue weighted by Crippen LogP contribution is -2.46. The summed E-state index contributed by atoms with van der Waals surface area (Å²) in [5.41, 5.74) is 0. The summed E-state index contributed by atoms with van der Waals surface area (Å²) in [5, 5.41) is 9.02. The van der Waals surface area contributed by atoms with E-state index >= 15 is 0 Å². The molecule has 132 valence electrons. The molecule has 2 amide bonds. The van der Waals surface area contributed by atoms with Crippen LogP contribution in [0.3, 0.4) is 0 Å². The second-order valence-corrected chi connectivity index (χ2v) is 8.20. The smallest absolute Gasteiger partial charge is 0.306 e. The molecule has 4 unspecified atom stereocenters. The minimum absolute atomic E-state index is 0.0523. The number of likely N-dealkylation sites (tertiary alicyclic amines) is 1. The highest BCUT2D eigenvalue weighted by atomic mass is 16.4. The van der Waals surface area contributed by atoms with Gasteiger partial charge in [0.25, 0.3) is 0 Å². The largest absolute Gasteiger partial charge is 0.481 e. The van der Waals surface area contributed by atoms with Gasteiger partial charge in [-0.05, 0) is 55.8 Å². The molecule has 1 saturated heterocycles. The molecule has 4 aliphatic rings. The van der Waals surface area contributed by atoms with Crippen LogP contribution in [0, 0.1) is 35.5 Å². The van der Waals surface area contributed by atoms with Crippen molar-refractivity contribution in [2.45, 2.75) is 32.1 Å². The van der Waals surface area contributed by atoms with Crippen LogP contribution in [0.25, 0.3) is 0 Å². The highest BCUT2D eigenvalue weighted by Crippen LogP contribution is 2.69. The highest BCUT2D eigenvalue weighted by molar-refractivity contribution is 5.88. The Labute approximate surface area is 142 Å². The maximum Gasteiger partial charge on any atom is 0.306 e. The second-order valence-electron chi connectivity index (χ2n) is 8.20. The third-order valence-electron chi connectivity index (χ3n) is 6.97. The van der Waals surface area contributed by atoms with Gasteiger partial charge in [0.2, 0.25) is 11.8 Å². The number of hydrogen-bond acceptors (Lipinski definition) is 3. The van der Waals surface area contributed by atoms with Crippen LogP contribution in [0.5, 0.6) is 0 Å². The van der Waals surface area contributed by atoms with Gasteiger partial charge in [-0.1, -0.05) is 0 Å². The molecule has 4 atom stereocenters. The molecule has 0 spiro atoms. The Morgan fingerprint density at radius 3 is 2.17 bits per heavy atom. The lowest BCUT2D eigenvalue weighted by Gasteiger charge is -2.31. The molecule has 2 bridgehead atoms. The van der Waals surface area contributed by atoms with Gasteiger partial charge in [0, 0.05) is 26.1 Å². The molecule has 3 aliphatic carbocycles. The quantitative estimate of drug-likeness (QED) is 0.834. The number of nitrogens with zero attached hydrogens (tertiary/aromatic N) is 2. The Morgan fingerprint density at radius 1 is 1.04 bits per heavy atom. The average molecular weight is 334 g/mol. The van der Waals surface area contributed by atoms with Crippen molar-refractivity contribution in [1.82, 2.24) is 9.80 Å². The summed E-state index contributed by atoms with van der Waals surface area (Å²) in [6.07, 6.45) is 4.91. The maximum absolute atomic E-state index is 12.7. The van der Waals surface area contributed by atoms with E-state index in [1.165, 1.54) is 19.3 Å². The number of likely N-dealkylation sites (N-methyl/N-ethyl adjacent to an activating group) is 1. The molecule has 0 aromatic heterocycles. The van der Waals surface area contributed by atoms with Gasteiger partial charge in [0.05, 0.1) is 12.5 Å². The van der Waals surface area contributed by atoms with E-state index in [9.17, 15) is 14.4 Å². The average Bonchev–Trinajstić information content (AvgIpc) is 3.00. The van der Waals surface area contributed by atoms with Crippen molar-refractivity contribution in [3.8, 4) is 0 Å². The van der Waals surface area contributed by atoms with Crippen LogP contribution in [-0.4, -0.2) is 59.4 Å². The number of piperidine rings is 1. The number of carbonyl (C=O) groups excluding carboxylic acids is 2. The van der Waals surface area contributed by atoms with E-state index in [4.69, 9.17) is 5.11 Å². The molecule has 0 radical (unpaired) electrons. The molecule has 1 aliphatic heterocycles. The molecule has 0 aromatic carbocycles. The fraction of sp³-hybridized carbons (Fsp3) is 0.833. The van der Waals surface area contributed by atoms with Crippen molar-refractivity contribution in [1.29, 1.82) is 0 Å². The van der Waals surface area contributed by atoms with E-state index in [-0.39, 0.29) is 30.2 Å².